The highest BCUT2D eigenvalue weighted by molar-refractivity contribution is 6.08. The number of imide groups is 1. The predicted molar refractivity (Wildman–Crippen MR) is 81.2 cm³/mol. The van der Waals surface area contributed by atoms with Gasteiger partial charge in [-0.15, -0.1) is 0 Å². The van der Waals surface area contributed by atoms with Gasteiger partial charge in [-0.3, -0.25) is 14.5 Å². The van der Waals surface area contributed by atoms with Gasteiger partial charge in [0.05, 0.1) is 26.1 Å². The van der Waals surface area contributed by atoms with Gasteiger partial charge in [0.2, 0.25) is 11.8 Å². The van der Waals surface area contributed by atoms with E-state index < -0.39 is 0 Å². The molecule has 118 valence electrons. The number of fused-ring (bicyclic) bond motifs is 3. The average Bonchev–Trinajstić information content (AvgIpc) is 2.77. The Kier molecular flexibility index (Phi) is 3.59. The van der Waals surface area contributed by atoms with E-state index >= 15 is 0 Å². The molecule has 1 aromatic rings. The number of hydrogen-bond donors (Lipinski definition) is 0. The summed E-state index contributed by atoms with van der Waals surface area (Å²) in [5.41, 5.74) is 2.96. The molecule has 0 spiro atoms. The highest BCUT2D eigenvalue weighted by Gasteiger charge is 2.51. The molecule has 1 fully saturated rings. The van der Waals surface area contributed by atoms with E-state index in [4.69, 9.17) is 9.47 Å². The van der Waals surface area contributed by atoms with Crippen molar-refractivity contribution in [2.75, 3.05) is 20.8 Å². The van der Waals surface area contributed by atoms with Gasteiger partial charge in [0, 0.05) is 12.1 Å². The van der Waals surface area contributed by atoms with Gasteiger partial charge in [-0.2, -0.15) is 0 Å². The summed E-state index contributed by atoms with van der Waals surface area (Å²) in [6.45, 7) is 4.25. The quantitative estimate of drug-likeness (QED) is 0.802. The molecular weight excluding hydrogens is 282 g/mol. The first kappa shape index (κ1) is 14.9. The summed E-state index contributed by atoms with van der Waals surface area (Å²) in [5.74, 6) is 0.678. The third-order valence-electron chi connectivity index (χ3n) is 4.87. The molecule has 1 aliphatic carbocycles. The van der Waals surface area contributed by atoms with Crippen molar-refractivity contribution in [1.29, 1.82) is 0 Å². The summed E-state index contributed by atoms with van der Waals surface area (Å²) >= 11 is 0. The molecule has 0 saturated carbocycles. The lowest BCUT2D eigenvalue weighted by atomic mass is 9.74. The molecule has 5 heteroatoms. The second kappa shape index (κ2) is 5.30. The van der Waals surface area contributed by atoms with Gasteiger partial charge in [-0.05, 0) is 43.9 Å². The van der Waals surface area contributed by atoms with E-state index in [-0.39, 0.29) is 23.7 Å². The molecule has 0 N–H and O–H groups in total. The van der Waals surface area contributed by atoms with Crippen LogP contribution in [0.25, 0.3) is 0 Å². The molecule has 0 aromatic heterocycles. The van der Waals surface area contributed by atoms with Crippen LogP contribution < -0.4 is 9.47 Å². The number of nitrogens with zero attached hydrogens (tertiary/aromatic N) is 1. The first-order chi connectivity index (χ1) is 10.5. The summed E-state index contributed by atoms with van der Waals surface area (Å²) in [5, 5.41) is 0. The number of likely N-dealkylation sites (N-methyl/N-ethyl adjacent to an activating group) is 1. The van der Waals surface area contributed by atoms with Crippen LogP contribution in [0.4, 0.5) is 0 Å². The number of carbonyl (C=O) groups is 2. The van der Waals surface area contributed by atoms with Crippen LogP contribution in [0, 0.1) is 12.8 Å². The Balaban J connectivity index is 2.19. The normalized spacial score (nSPS) is 23.4. The molecule has 1 aromatic carbocycles. The SMILES string of the molecule is CCN1C(=O)C2CCc3c(OC)c(OC)cc(C)c3C2C1=O. The summed E-state index contributed by atoms with van der Waals surface area (Å²) in [6, 6.07) is 1.90. The van der Waals surface area contributed by atoms with Crippen molar-refractivity contribution in [2.45, 2.75) is 32.6 Å². The lowest BCUT2D eigenvalue weighted by Crippen LogP contribution is -2.30. The van der Waals surface area contributed by atoms with Crippen LogP contribution in [-0.2, 0) is 16.0 Å². The van der Waals surface area contributed by atoms with Crippen LogP contribution in [0.1, 0.15) is 36.0 Å². The number of rotatable bonds is 3. The van der Waals surface area contributed by atoms with Gasteiger partial charge < -0.3 is 9.47 Å². The Hall–Kier alpha value is -2.04. The molecule has 2 atom stereocenters. The van der Waals surface area contributed by atoms with Crippen LogP contribution in [0.2, 0.25) is 0 Å². The van der Waals surface area contributed by atoms with Crippen LogP contribution in [0.5, 0.6) is 11.5 Å². The molecule has 3 rings (SSSR count). The lowest BCUT2D eigenvalue weighted by molar-refractivity contribution is -0.139. The van der Waals surface area contributed by atoms with Gasteiger partial charge in [0.15, 0.2) is 11.5 Å². The Morgan fingerprint density at radius 2 is 1.95 bits per heavy atom. The number of hydrogen-bond acceptors (Lipinski definition) is 4. The predicted octanol–water partition coefficient (Wildman–Crippen LogP) is 2.05. The van der Waals surface area contributed by atoms with Crippen LogP contribution in [-0.4, -0.2) is 37.5 Å². The Morgan fingerprint density at radius 1 is 1.23 bits per heavy atom. The second-order valence-corrected chi connectivity index (χ2v) is 5.86. The maximum Gasteiger partial charge on any atom is 0.237 e. The van der Waals surface area contributed by atoms with E-state index in [1.54, 1.807) is 14.2 Å². The number of ether oxygens (including phenoxy) is 2. The molecule has 22 heavy (non-hydrogen) atoms. The molecule has 2 aliphatic rings. The molecule has 2 amide bonds. The monoisotopic (exact) mass is 303 g/mol. The maximum atomic E-state index is 12.7. The number of methoxy groups -OCH3 is 2. The highest BCUT2D eigenvalue weighted by Crippen LogP contribution is 2.49. The zero-order valence-corrected chi connectivity index (χ0v) is 13.4. The van der Waals surface area contributed by atoms with Crippen molar-refractivity contribution in [1.82, 2.24) is 4.90 Å². The third-order valence-corrected chi connectivity index (χ3v) is 4.87. The largest absolute Gasteiger partial charge is 0.493 e. The van der Waals surface area contributed by atoms with Crippen LogP contribution >= 0.6 is 0 Å². The summed E-state index contributed by atoms with van der Waals surface area (Å²) in [4.78, 5) is 26.5. The Bertz CT molecular complexity index is 653. The summed E-state index contributed by atoms with van der Waals surface area (Å²) in [7, 11) is 3.22. The molecule has 2 unspecified atom stereocenters. The van der Waals surface area contributed by atoms with Gasteiger partial charge in [0.1, 0.15) is 0 Å². The van der Waals surface area contributed by atoms with E-state index in [1.165, 1.54) is 4.90 Å². The number of likely N-dealkylation sites (tertiary alicyclic amines) is 1. The van der Waals surface area contributed by atoms with Crippen LogP contribution in [0.3, 0.4) is 0 Å². The fraction of sp³-hybridized carbons (Fsp3) is 0.529. The average molecular weight is 303 g/mol. The highest BCUT2D eigenvalue weighted by atomic mass is 16.5. The third kappa shape index (κ3) is 1.84. The topological polar surface area (TPSA) is 55.8 Å². The van der Waals surface area contributed by atoms with E-state index in [0.717, 1.165) is 23.1 Å². The lowest BCUT2D eigenvalue weighted by Gasteiger charge is -2.29. The van der Waals surface area contributed by atoms with Crippen molar-refractivity contribution in [3.63, 3.8) is 0 Å². The molecule has 5 nitrogen and oxygen atoms in total. The Labute approximate surface area is 130 Å². The molecule has 0 radical (unpaired) electrons. The van der Waals surface area contributed by atoms with Gasteiger partial charge >= 0.3 is 0 Å². The minimum Gasteiger partial charge on any atom is -0.493 e. The van der Waals surface area contributed by atoms with Crippen molar-refractivity contribution >= 4 is 11.8 Å². The van der Waals surface area contributed by atoms with Gasteiger partial charge in [-0.1, -0.05) is 0 Å². The van der Waals surface area contributed by atoms with E-state index in [0.29, 0.717) is 24.5 Å². The summed E-state index contributed by atoms with van der Waals surface area (Å²) < 4.78 is 10.9. The summed E-state index contributed by atoms with van der Waals surface area (Å²) in [6.07, 6.45) is 1.41. The van der Waals surface area contributed by atoms with E-state index in [2.05, 4.69) is 0 Å². The molecule has 1 aliphatic heterocycles. The smallest absolute Gasteiger partial charge is 0.237 e. The van der Waals surface area contributed by atoms with Crippen molar-refractivity contribution < 1.29 is 19.1 Å². The number of benzene rings is 1. The van der Waals surface area contributed by atoms with Crippen molar-refractivity contribution in [3.05, 3.63) is 22.8 Å². The molecule has 1 heterocycles. The number of aryl methyl sites for hydroxylation is 1. The molecule has 0 bridgehead atoms. The maximum absolute atomic E-state index is 12.7. The minimum atomic E-state index is -0.365. The Morgan fingerprint density at radius 3 is 2.55 bits per heavy atom. The zero-order valence-electron chi connectivity index (χ0n) is 13.4. The zero-order chi connectivity index (χ0) is 16.0. The fourth-order valence-corrected chi connectivity index (χ4v) is 3.92. The standard InChI is InChI=1S/C17H21NO4/c1-5-18-16(19)11-7-6-10-13(14(11)17(18)20)9(2)8-12(21-3)15(10)22-4/h8,11,14H,5-7H2,1-4H3. The molecular formula is C17H21NO4. The van der Waals surface area contributed by atoms with Crippen molar-refractivity contribution in [3.8, 4) is 11.5 Å². The van der Waals surface area contributed by atoms with E-state index in [9.17, 15) is 9.59 Å². The second-order valence-electron chi connectivity index (χ2n) is 5.86. The van der Waals surface area contributed by atoms with Crippen LogP contribution in [0.15, 0.2) is 6.07 Å². The van der Waals surface area contributed by atoms with Crippen molar-refractivity contribution in [2.24, 2.45) is 5.92 Å². The fourth-order valence-electron chi connectivity index (χ4n) is 3.92. The van der Waals surface area contributed by atoms with Gasteiger partial charge in [0.25, 0.3) is 0 Å². The minimum absolute atomic E-state index is 0.0302. The number of amides is 2. The van der Waals surface area contributed by atoms with Gasteiger partial charge in [-0.25, -0.2) is 0 Å². The first-order valence-corrected chi connectivity index (χ1v) is 7.64. The first-order valence-electron chi connectivity index (χ1n) is 7.64. The number of carbonyl (C=O) groups excluding carboxylic acids is 2. The van der Waals surface area contributed by atoms with E-state index in [1.807, 2.05) is 19.9 Å². The molecule has 1 saturated heterocycles.